The zero-order chi connectivity index (χ0) is 20.7. The number of carbonyl (C=O) groups is 2. The molecule has 0 fully saturated rings. The Hall–Kier alpha value is -2.27. The highest BCUT2D eigenvalue weighted by Gasteiger charge is 2.43. The van der Waals surface area contributed by atoms with Gasteiger partial charge in [-0.25, -0.2) is 0 Å². The van der Waals surface area contributed by atoms with Gasteiger partial charge >= 0.3 is 0 Å². The van der Waals surface area contributed by atoms with E-state index < -0.39 is 0 Å². The predicted molar refractivity (Wildman–Crippen MR) is 111 cm³/mol. The fourth-order valence-corrected chi connectivity index (χ4v) is 5.33. The van der Waals surface area contributed by atoms with Gasteiger partial charge in [0, 0.05) is 47.8 Å². The predicted octanol–water partition coefficient (Wildman–Crippen LogP) is 4.79. The Balaban J connectivity index is 1.98. The Bertz CT molecular complexity index is 902. The van der Waals surface area contributed by atoms with Gasteiger partial charge in [-0.1, -0.05) is 11.6 Å². The lowest BCUT2D eigenvalue weighted by atomic mass is 9.71. The zero-order valence-corrected chi connectivity index (χ0v) is 17.9. The van der Waals surface area contributed by atoms with Crippen LogP contribution in [0.15, 0.2) is 34.7 Å². The van der Waals surface area contributed by atoms with Gasteiger partial charge in [-0.2, -0.15) is 0 Å². The minimum atomic E-state index is -0.388. The van der Waals surface area contributed by atoms with Crippen molar-refractivity contribution in [3.05, 3.63) is 45.3 Å². The summed E-state index contributed by atoms with van der Waals surface area (Å²) >= 11 is 6.49. The maximum Gasteiger partial charge on any atom is 0.179 e. The molecule has 29 heavy (non-hydrogen) atoms. The van der Waals surface area contributed by atoms with Crippen molar-refractivity contribution in [3.63, 3.8) is 0 Å². The molecule has 154 valence electrons. The fourth-order valence-electron chi connectivity index (χ4n) is 5.04. The van der Waals surface area contributed by atoms with Crippen LogP contribution < -0.4 is 9.47 Å². The lowest BCUT2D eigenvalue weighted by Gasteiger charge is -2.43. The van der Waals surface area contributed by atoms with E-state index in [-0.39, 0.29) is 17.5 Å². The molecule has 3 aliphatic rings. The molecule has 0 saturated heterocycles. The minimum absolute atomic E-state index is 0.130. The van der Waals surface area contributed by atoms with Crippen molar-refractivity contribution in [1.82, 2.24) is 4.90 Å². The molecular weight excluding hydrogens is 390 g/mol. The lowest BCUT2D eigenvalue weighted by Crippen LogP contribution is -2.39. The molecule has 0 aromatic heterocycles. The largest absolute Gasteiger partial charge is 0.493 e. The van der Waals surface area contributed by atoms with Crippen molar-refractivity contribution in [2.75, 3.05) is 20.8 Å². The number of hydrogen-bond acceptors (Lipinski definition) is 5. The summed E-state index contributed by atoms with van der Waals surface area (Å²) in [6.45, 7) is 2.85. The van der Waals surface area contributed by atoms with Crippen molar-refractivity contribution < 1.29 is 19.1 Å². The second-order valence-electron chi connectivity index (χ2n) is 7.69. The molecule has 6 heteroatoms. The van der Waals surface area contributed by atoms with E-state index in [9.17, 15) is 9.59 Å². The number of benzene rings is 1. The second kappa shape index (κ2) is 7.86. The number of methoxy groups -OCH3 is 2. The van der Waals surface area contributed by atoms with Gasteiger partial charge < -0.3 is 14.4 Å². The molecule has 1 aromatic rings. The van der Waals surface area contributed by atoms with Crippen molar-refractivity contribution in [2.24, 2.45) is 0 Å². The number of nitrogens with zero attached hydrogens (tertiary/aromatic N) is 1. The summed E-state index contributed by atoms with van der Waals surface area (Å²) < 4.78 is 10.9. The Morgan fingerprint density at radius 1 is 0.966 bits per heavy atom. The molecule has 0 atom stereocenters. The highest BCUT2D eigenvalue weighted by Crippen LogP contribution is 2.50. The van der Waals surface area contributed by atoms with Gasteiger partial charge in [0.2, 0.25) is 0 Å². The van der Waals surface area contributed by atoms with Crippen molar-refractivity contribution in [2.45, 2.75) is 51.4 Å². The van der Waals surface area contributed by atoms with E-state index >= 15 is 0 Å². The summed E-state index contributed by atoms with van der Waals surface area (Å²) in [7, 11) is 3.10. The molecule has 0 bridgehead atoms. The molecule has 2 aliphatic carbocycles. The standard InChI is InChI=1S/C23H26ClNO4/c1-4-25-15-7-5-9-17(26)21(15)20(22-16(25)8-6-10-18(22)27)13-11-14(24)23(29-3)19(12-13)28-2/h11-12,20H,4-10H2,1-3H3. The van der Waals surface area contributed by atoms with Crippen molar-refractivity contribution in [3.8, 4) is 11.5 Å². The molecule has 0 amide bonds. The van der Waals surface area contributed by atoms with Crippen LogP contribution in [0.25, 0.3) is 0 Å². The van der Waals surface area contributed by atoms with Crippen LogP contribution in [0.5, 0.6) is 11.5 Å². The van der Waals surface area contributed by atoms with E-state index in [1.807, 2.05) is 12.1 Å². The van der Waals surface area contributed by atoms with Gasteiger partial charge in [0.1, 0.15) is 0 Å². The first-order valence-electron chi connectivity index (χ1n) is 10.2. The molecule has 0 spiro atoms. The Morgan fingerprint density at radius 2 is 1.55 bits per heavy atom. The first-order valence-corrected chi connectivity index (χ1v) is 10.6. The summed E-state index contributed by atoms with van der Waals surface area (Å²) in [4.78, 5) is 28.4. The molecule has 1 aromatic carbocycles. The third-order valence-electron chi connectivity index (χ3n) is 6.19. The van der Waals surface area contributed by atoms with Crippen LogP contribution in [-0.2, 0) is 9.59 Å². The SMILES string of the molecule is CCN1C2=C(C(=O)CCC2)C(c2cc(Cl)c(OC)c(OC)c2)C2=C1CCCC2=O. The number of ketones is 2. The maximum absolute atomic E-state index is 13.1. The summed E-state index contributed by atoms with van der Waals surface area (Å²) in [5.41, 5.74) is 4.49. The van der Waals surface area contributed by atoms with Crippen LogP contribution in [-0.4, -0.2) is 37.2 Å². The molecule has 1 heterocycles. The van der Waals surface area contributed by atoms with Crippen LogP contribution in [0.1, 0.15) is 56.9 Å². The molecule has 1 aliphatic heterocycles. The number of hydrogen-bond donors (Lipinski definition) is 0. The Labute approximate surface area is 176 Å². The molecule has 0 saturated carbocycles. The number of rotatable bonds is 4. The number of halogens is 1. The molecule has 5 nitrogen and oxygen atoms in total. The minimum Gasteiger partial charge on any atom is -0.493 e. The Morgan fingerprint density at radius 3 is 2.03 bits per heavy atom. The first kappa shape index (κ1) is 20.0. The van der Waals surface area contributed by atoms with Gasteiger partial charge in [0.15, 0.2) is 23.1 Å². The maximum atomic E-state index is 13.1. The monoisotopic (exact) mass is 415 g/mol. The van der Waals surface area contributed by atoms with Crippen molar-refractivity contribution >= 4 is 23.2 Å². The number of ether oxygens (including phenoxy) is 2. The summed E-state index contributed by atoms with van der Waals surface area (Å²) in [5, 5.41) is 0.413. The van der Waals surface area contributed by atoms with Gasteiger partial charge in [-0.05, 0) is 50.3 Å². The first-order chi connectivity index (χ1) is 14.0. The van der Waals surface area contributed by atoms with Crippen LogP contribution in [0.4, 0.5) is 0 Å². The van der Waals surface area contributed by atoms with E-state index in [4.69, 9.17) is 21.1 Å². The van der Waals surface area contributed by atoms with Crippen LogP contribution in [0.3, 0.4) is 0 Å². The van der Waals surface area contributed by atoms with Crippen molar-refractivity contribution in [1.29, 1.82) is 0 Å². The highest BCUT2D eigenvalue weighted by molar-refractivity contribution is 6.32. The topological polar surface area (TPSA) is 55.8 Å². The van der Waals surface area contributed by atoms with E-state index in [0.29, 0.717) is 29.4 Å². The van der Waals surface area contributed by atoms with Crippen LogP contribution >= 0.6 is 11.6 Å². The Kier molecular flexibility index (Phi) is 5.43. The van der Waals surface area contributed by atoms with E-state index in [1.54, 1.807) is 14.2 Å². The van der Waals surface area contributed by atoms with Gasteiger partial charge in [0.25, 0.3) is 0 Å². The summed E-state index contributed by atoms with van der Waals surface area (Å²) in [6.07, 6.45) is 4.46. The second-order valence-corrected chi connectivity index (χ2v) is 8.10. The summed E-state index contributed by atoms with van der Waals surface area (Å²) in [6, 6.07) is 3.67. The zero-order valence-electron chi connectivity index (χ0n) is 17.1. The van der Waals surface area contributed by atoms with E-state index in [1.165, 1.54) is 0 Å². The average Bonchev–Trinajstić information content (AvgIpc) is 2.72. The summed E-state index contributed by atoms with van der Waals surface area (Å²) in [5.74, 6) is 0.831. The van der Waals surface area contributed by atoms with E-state index in [0.717, 1.165) is 60.3 Å². The highest BCUT2D eigenvalue weighted by atomic mass is 35.5. The normalized spacial score (nSPS) is 20.1. The average molecular weight is 416 g/mol. The van der Waals surface area contributed by atoms with E-state index in [2.05, 4.69) is 11.8 Å². The fraction of sp³-hybridized carbons (Fsp3) is 0.478. The molecular formula is C23H26ClNO4. The van der Waals surface area contributed by atoms with Gasteiger partial charge in [0.05, 0.1) is 19.2 Å². The molecule has 0 N–H and O–H groups in total. The van der Waals surface area contributed by atoms with Crippen LogP contribution in [0, 0.1) is 0 Å². The third-order valence-corrected chi connectivity index (χ3v) is 6.47. The smallest absolute Gasteiger partial charge is 0.179 e. The molecule has 4 rings (SSSR count). The number of Topliss-reactive ketones (excluding diaryl/α,β-unsaturated/α-hetero) is 2. The number of allylic oxidation sites excluding steroid dienone is 4. The lowest BCUT2D eigenvalue weighted by molar-refractivity contribution is -0.117. The van der Waals surface area contributed by atoms with Gasteiger partial charge in [-0.3, -0.25) is 9.59 Å². The van der Waals surface area contributed by atoms with Crippen LogP contribution in [0.2, 0.25) is 5.02 Å². The third kappa shape index (κ3) is 3.16. The quantitative estimate of drug-likeness (QED) is 0.707. The molecule has 0 radical (unpaired) electrons. The molecule has 0 unspecified atom stereocenters. The van der Waals surface area contributed by atoms with Gasteiger partial charge in [-0.15, -0.1) is 0 Å². The number of carbonyl (C=O) groups excluding carboxylic acids is 2.